The number of hydrogen-bond acceptors (Lipinski definition) is 3. The number of nitrogens with two attached hydrogens (primary N) is 1. The molecule has 0 bridgehead atoms. The van der Waals surface area contributed by atoms with Gasteiger partial charge in [-0.1, -0.05) is 23.4 Å². The van der Waals surface area contributed by atoms with E-state index in [9.17, 15) is 13.2 Å². The van der Waals surface area contributed by atoms with Gasteiger partial charge in [0.05, 0.1) is 5.56 Å². The smallest absolute Gasteiger partial charge is 0.200 e. The predicted octanol–water partition coefficient (Wildman–Crippen LogP) is 2.78. The molecule has 3 N–H and O–H groups in total. The van der Waals surface area contributed by atoms with Crippen LogP contribution >= 0.6 is 0 Å². The number of oxime groups is 1. The Balaban J connectivity index is 2.23. The summed E-state index contributed by atoms with van der Waals surface area (Å²) in [7, 11) is 0. The third kappa shape index (κ3) is 3.07. The van der Waals surface area contributed by atoms with E-state index in [4.69, 9.17) is 15.7 Å². The highest BCUT2D eigenvalue weighted by atomic mass is 19.2. The highest BCUT2D eigenvalue weighted by Gasteiger charge is 2.14. The highest BCUT2D eigenvalue weighted by molar-refractivity contribution is 5.97. The summed E-state index contributed by atoms with van der Waals surface area (Å²) in [4.78, 5) is 0. The van der Waals surface area contributed by atoms with Crippen LogP contribution in [0.2, 0.25) is 0 Å². The minimum Gasteiger partial charge on any atom is -0.486 e. The molecule has 0 radical (unpaired) electrons. The Morgan fingerprint density at radius 1 is 1.10 bits per heavy atom. The summed E-state index contributed by atoms with van der Waals surface area (Å²) in [5.41, 5.74) is 5.27. The van der Waals surface area contributed by atoms with Gasteiger partial charge in [-0.3, -0.25) is 0 Å². The minimum atomic E-state index is -1.15. The minimum absolute atomic E-state index is 0.0581. The average Bonchev–Trinajstić information content (AvgIpc) is 2.49. The summed E-state index contributed by atoms with van der Waals surface area (Å²) >= 11 is 0. The van der Waals surface area contributed by atoms with Gasteiger partial charge in [0, 0.05) is 5.56 Å². The van der Waals surface area contributed by atoms with Crippen molar-refractivity contribution in [3.63, 3.8) is 0 Å². The number of halogens is 3. The Bertz CT molecular complexity index is 690. The van der Waals surface area contributed by atoms with Gasteiger partial charge in [-0.2, -0.15) is 4.39 Å². The number of hydrogen-bond donors (Lipinski definition) is 2. The lowest BCUT2D eigenvalue weighted by molar-refractivity contribution is 0.279. The monoisotopic (exact) mass is 296 g/mol. The Kier molecular flexibility index (Phi) is 4.32. The number of rotatable bonds is 4. The van der Waals surface area contributed by atoms with Crippen molar-refractivity contribution in [1.29, 1.82) is 0 Å². The molecule has 21 heavy (non-hydrogen) atoms. The van der Waals surface area contributed by atoms with Crippen LogP contribution in [0.25, 0.3) is 0 Å². The molecule has 0 unspecified atom stereocenters. The number of ether oxygens (including phenoxy) is 1. The van der Waals surface area contributed by atoms with E-state index in [0.29, 0.717) is 0 Å². The van der Waals surface area contributed by atoms with E-state index in [0.717, 1.165) is 6.07 Å². The van der Waals surface area contributed by atoms with Gasteiger partial charge in [-0.15, -0.1) is 0 Å². The quantitative estimate of drug-likeness (QED) is 0.394. The topological polar surface area (TPSA) is 67.8 Å². The van der Waals surface area contributed by atoms with Crippen molar-refractivity contribution in [2.24, 2.45) is 10.9 Å². The summed E-state index contributed by atoms with van der Waals surface area (Å²) in [6.07, 6.45) is 0. The zero-order chi connectivity index (χ0) is 15.4. The third-order valence-corrected chi connectivity index (χ3v) is 2.76. The van der Waals surface area contributed by atoms with Crippen LogP contribution in [0.5, 0.6) is 5.75 Å². The molecule has 0 saturated heterocycles. The molecule has 0 aromatic heterocycles. The Morgan fingerprint density at radius 3 is 2.52 bits per heavy atom. The van der Waals surface area contributed by atoms with Gasteiger partial charge >= 0.3 is 0 Å². The molecule has 0 spiro atoms. The van der Waals surface area contributed by atoms with E-state index in [1.807, 2.05) is 0 Å². The predicted molar refractivity (Wildman–Crippen MR) is 69.6 cm³/mol. The molecule has 0 atom stereocenters. The zero-order valence-electron chi connectivity index (χ0n) is 10.7. The summed E-state index contributed by atoms with van der Waals surface area (Å²) in [5.74, 6) is -3.69. The number of nitrogens with zero attached hydrogens (tertiary/aromatic N) is 1. The molecule has 0 amide bonds. The molecule has 0 aliphatic rings. The largest absolute Gasteiger partial charge is 0.486 e. The molecule has 110 valence electrons. The second-order valence-corrected chi connectivity index (χ2v) is 4.10. The van der Waals surface area contributed by atoms with Gasteiger partial charge in [-0.05, 0) is 18.2 Å². The standard InChI is InChI=1S/C14H11F3N2O2/c15-10-5-2-6-11(13(10)17)21-7-8-3-1-4-9(12(8)16)14(18)19-20/h1-6,20H,7H2,(H2,18,19). The lowest BCUT2D eigenvalue weighted by Gasteiger charge is -2.10. The molecular weight excluding hydrogens is 285 g/mol. The number of benzene rings is 2. The SMILES string of the molecule is N/C(=N/O)c1cccc(COc2cccc(F)c2F)c1F. The first-order valence-electron chi connectivity index (χ1n) is 5.86. The molecule has 2 aromatic rings. The molecule has 0 saturated carbocycles. The molecular formula is C14H11F3N2O2. The van der Waals surface area contributed by atoms with Gasteiger partial charge in [-0.25, -0.2) is 8.78 Å². The second kappa shape index (κ2) is 6.17. The van der Waals surface area contributed by atoms with Crippen molar-refractivity contribution in [3.8, 4) is 5.75 Å². The number of amidine groups is 1. The normalized spacial score (nSPS) is 11.5. The first-order chi connectivity index (χ1) is 10.0. The van der Waals surface area contributed by atoms with Gasteiger partial charge in [0.25, 0.3) is 0 Å². The Labute approximate surface area is 118 Å². The van der Waals surface area contributed by atoms with Crippen LogP contribution in [0.1, 0.15) is 11.1 Å². The average molecular weight is 296 g/mol. The van der Waals surface area contributed by atoms with Crippen LogP contribution in [-0.4, -0.2) is 11.0 Å². The highest BCUT2D eigenvalue weighted by Crippen LogP contribution is 2.21. The van der Waals surface area contributed by atoms with E-state index in [2.05, 4.69) is 5.16 Å². The van der Waals surface area contributed by atoms with Crippen LogP contribution in [0, 0.1) is 17.5 Å². The van der Waals surface area contributed by atoms with Crippen molar-refractivity contribution >= 4 is 5.84 Å². The summed E-state index contributed by atoms with van der Waals surface area (Å²) in [6.45, 7) is -0.335. The molecule has 4 nitrogen and oxygen atoms in total. The van der Waals surface area contributed by atoms with Crippen molar-refractivity contribution < 1.29 is 23.1 Å². The van der Waals surface area contributed by atoms with E-state index >= 15 is 0 Å². The lowest BCUT2D eigenvalue weighted by Crippen LogP contribution is -2.16. The molecule has 0 aliphatic carbocycles. The molecule has 0 fully saturated rings. The van der Waals surface area contributed by atoms with Crippen LogP contribution in [0.4, 0.5) is 13.2 Å². The van der Waals surface area contributed by atoms with E-state index in [-0.39, 0.29) is 23.5 Å². The Morgan fingerprint density at radius 2 is 1.81 bits per heavy atom. The van der Waals surface area contributed by atoms with Crippen LogP contribution in [0.3, 0.4) is 0 Å². The fraction of sp³-hybridized carbons (Fsp3) is 0.0714. The van der Waals surface area contributed by atoms with Crippen molar-refractivity contribution in [3.05, 3.63) is 65.0 Å². The maximum atomic E-state index is 14.1. The van der Waals surface area contributed by atoms with Gasteiger partial charge in [0.2, 0.25) is 5.82 Å². The zero-order valence-corrected chi connectivity index (χ0v) is 10.7. The molecule has 7 heteroatoms. The van der Waals surface area contributed by atoms with Gasteiger partial charge in [0.1, 0.15) is 12.4 Å². The fourth-order valence-corrected chi connectivity index (χ4v) is 1.69. The molecule has 2 rings (SSSR count). The van der Waals surface area contributed by atoms with E-state index < -0.39 is 23.3 Å². The van der Waals surface area contributed by atoms with Gasteiger partial charge in [0.15, 0.2) is 17.4 Å². The van der Waals surface area contributed by atoms with Crippen LogP contribution in [-0.2, 0) is 6.61 Å². The first-order valence-corrected chi connectivity index (χ1v) is 5.86. The maximum Gasteiger partial charge on any atom is 0.200 e. The summed E-state index contributed by atoms with van der Waals surface area (Å²) < 4.78 is 45.5. The molecule has 0 aliphatic heterocycles. The van der Waals surface area contributed by atoms with Crippen molar-refractivity contribution in [2.45, 2.75) is 6.61 Å². The summed E-state index contributed by atoms with van der Waals surface area (Å²) in [5, 5.41) is 11.3. The van der Waals surface area contributed by atoms with E-state index in [1.54, 1.807) is 0 Å². The second-order valence-electron chi connectivity index (χ2n) is 4.10. The molecule has 2 aromatic carbocycles. The van der Waals surface area contributed by atoms with Crippen LogP contribution < -0.4 is 10.5 Å². The molecule has 0 heterocycles. The lowest BCUT2D eigenvalue weighted by atomic mass is 10.1. The van der Waals surface area contributed by atoms with Crippen LogP contribution in [0.15, 0.2) is 41.6 Å². The summed E-state index contributed by atoms with van der Waals surface area (Å²) in [6, 6.07) is 7.62. The van der Waals surface area contributed by atoms with Crippen molar-refractivity contribution in [1.82, 2.24) is 0 Å². The van der Waals surface area contributed by atoms with Crippen molar-refractivity contribution in [2.75, 3.05) is 0 Å². The third-order valence-electron chi connectivity index (χ3n) is 2.76. The Hall–Kier alpha value is -2.70. The fourth-order valence-electron chi connectivity index (χ4n) is 1.69. The first kappa shape index (κ1) is 14.7. The van der Waals surface area contributed by atoms with Gasteiger partial charge < -0.3 is 15.7 Å². The maximum absolute atomic E-state index is 14.1. The van der Waals surface area contributed by atoms with E-state index in [1.165, 1.54) is 30.3 Å².